The summed E-state index contributed by atoms with van der Waals surface area (Å²) in [6.07, 6.45) is -0.107. The SMILES string of the molecule is O=C1OC2C1CC(=O)C2SOOc1ccccc1. The van der Waals surface area contributed by atoms with Gasteiger partial charge in [0.15, 0.2) is 11.5 Å². The molecule has 0 aromatic heterocycles. The molecule has 1 aliphatic heterocycles. The molecule has 1 saturated carbocycles. The van der Waals surface area contributed by atoms with Gasteiger partial charge >= 0.3 is 5.97 Å². The normalized spacial score (nSPS) is 29.4. The van der Waals surface area contributed by atoms with Crippen molar-refractivity contribution in [1.29, 1.82) is 0 Å². The van der Waals surface area contributed by atoms with Gasteiger partial charge < -0.3 is 9.62 Å². The summed E-state index contributed by atoms with van der Waals surface area (Å²) in [7, 11) is 0. The molecule has 94 valence electrons. The van der Waals surface area contributed by atoms with Crippen LogP contribution in [-0.4, -0.2) is 23.1 Å². The average molecular weight is 266 g/mol. The Morgan fingerprint density at radius 3 is 2.67 bits per heavy atom. The number of carbonyl (C=O) groups is 2. The van der Waals surface area contributed by atoms with Crippen LogP contribution < -0.4 is 4.89 Å². The first-order chi connectivity index (χ1) is 8.75. The van der Waals surface area contributed by atoms with Crippen LogP contribution in [-0.2, 0) is 18.7 Å². The molecule has 0 radical (unpaired) electrons. The maximum Gasteiger partial charge on any atom is 0.313 e. The van der Waals surface area contributed by atoms with Crippen LogP contribution in [0.4, 0.5) is 0 Å². The maximum atomic E-state index is 11.6. The number of rotatable bonds is 4. The number of ketones is 1. The van der Waals surface area contributed by atoms with Crippen molar-refractivity contribution in [2.45, 2.75) is 17.8 Å². The minimum Gasteiger partial charge on any atom is -0.459 e. The molecule has 3 unspecified atom stereocenters. The van der Waals surface area contributed by atoms with Gasteiger partial charge in [-0.3, -0.25) is 9.59 Å². The predicted molar refractivity (Wildman–Crippen MR) is 62.5 cm³/mol. The summed E-state index contributed by atoms with van der Waals surface area (Å²) in [5.74, 6) is -0.0501. The lowest BCUT2D eigenvalue weighted by atomic mass is 10.0. The predicted octanol–water partition coefficient (Wildman–Crippen LogP) is 1.53. The molecular formula is C12H10O5S. The molecule has 5 nitrogen and oxygen atoms in total. The van der Waals surface area contributed by atoms with E-state index in [1.165, 1.54) is 0 Å². The molecule has 1 aromatic carbocycles. The number of para-hydroxylation sites is 1. The Kier molecular flexibility index (Phi) is 2.97. The number of hydrogen-bond acceptors (Lipinski definition) is 6. The quantitative estimate of drug-likeness (QED) is 0.356. The molecule has 0 amide bonds. The number of fused-ring (bicyclic) bond motifs is 1. The molecule has 3 atom stereocenters. The fraction of sp³-hybridized carbons (Fsp3) is 0.333. The van der Waals surface area contributed by atoms with Gasteiger partial charge in [-0.05, 0) is 12.1 Å². The van der Waals surface area contributed by atoms with E-state index in [1.54, 1.807) is 12.1 Å². The molecule has 3 rings (SSSR count). The van der Waals surface area contributed by atoms with Gasteiger partial charge in [0.1, 0.15) is 17.3 Å². The Balaban J connectivity index is 1.52. The minimum atomic E-state index is -0.476. The van der Waals surface area contributed by atoms with Gasteiger partial charge in [0.25, 0.3) is 0 Å². The fourth-order valence-corrected chi connectivity index (χ4v) is 2.80. The third-order valence-electron chi connectivity index (χ3n) is 3.00. The molecule has 18 heavy (non-hydrogen) atoms. The van der Waals surface area contributed by atoms with Crippen LogP contribution >= 0.6 is 12.0 Å². The number of carbonyl (C=O) groups excluding carboxylic acids is 2. The Labute approximate surface area is 108 Å². The monoisotopic (exact) mass is 266 g/mol. The van der Waals surface area contributed by atoms with Crippen molar-refractivity contribution < 1.29 is 23.5 Å². The molecule has 1 aliphatic carbocycles. The highest BCUT2D eigenvalue weighted by molar-refractivity contribution is 7.96. The summed E-state index contributed by atoms with van der Waals surface area (Å²) in [4.78, 5) is 27.7. The van der Waals surface area contributed by atoms with E-state index < -0.39 is 5.25 Å². The van der Waals surface area contributed by atoms with Crippen molar-refractivity contribution in [3.8, 4) is 5.75 Å². The second-order valence-corrected chi connectivity index (χ2v) is 5.00. The smallest absolute Gasteiger partial charge is 0.313 e. The van der Waals surface area contributed by atoms with Gasteiger partial charge in [-0.1, -0.05) is 18.2 Å². The number of Topliss-reactive ketones (excluding diaryl/α,β-unsaturated/α-hetero) is 1. The number of hydrogen-bond donors (Lipinski definition) is 0. The van der Waals surface area contributed by atoms with Crippen LogP contribution in [0.25, 0.3) is 0 Å². The number of ether oxygens (including phenoxy) is 1. The third-order valence-corrected chi connectivity index (χ3v) is 3.89. The average Bonchev–Trinajstić information content (AvgIpc) is 2.64. The summed E-state index contributed by atoms with van der Waals surface area (Å²) < 4.78 is 9.90. The summed E-state index contributed by atoms with van der Waals surface area (Å²) >= 11 is 0.903. The second kappa shape index (κ2) is 4.62. The highest BCUT2D eigenvalue weighted by atomic mass is 32.2. The molecular weight excluding hydrogens is 256 g/mol. The Morgan fingerprint density at radius 2 is 2.00 bits per heavy atom. The minimum absolute atomic E-state index is 0.0301. The lowest BCUT2D eigenvalue weighted by Gasteiger charge is -2.30. The first-order valence-electron chi connectivity index (χ1n) is 5.54. The lowest BCUT2D eigenvalue weighted by Crippen LogP contribution is -2.45. The van der Waals surface area contributed by atoms with Crippen molar-refractivity contribution in [3.05, 3.63) is 30.3 Å². The van der Waals surface area contributed by atoms with Gasteiger partial charge in [0, 0.05) is 6.42 Å². The highest BCUT2D eigenvalue weighted by Gasteiger charge is 2.57. The van der Waals surface area contributed by atoms with Crippen LogP contribution in [0.15, 0.2) is 30.3 Å². The summed E-state index contributed by atoms with van der Waals surface area (Å²) in [6, 6.07) is 8.97. The van der Waals surface area contributed by atoms with Crippen LogP contribution in [0, 0.1) is 5.92 Å². The zero-order valence-corrected chi connectivity index (χ0v) is 10.1. The zero-order valence-electron chi connectivity index (χ0n) is 9.28. The highest BCUT2D eigenvalue weighted by Crippen LogP contribution is 2.41. The molecule has 1 saturated heterocycles. The van der Waals surface area contributed by atoms with Crippen molar-refractivity contribution in [1.82, 2.24) is 0 Å². The summed E-state index contributed by atoms with van der Waals surface area (Å²) in [6.45, 7) is 0. The first-order valence-corrected chi connectivity index (χ1v) is 6.34. The largest absolute Gasteiger partial charge is 0.459 e. The van der Waals surface area contributed by atoms with Gasteiger partial charge in [-0.15, -0.1) is 4.33 Å². The third kappa shape index (κ3) is 1.97. The van der Waals surface area contributed by atoms with Gasteiger partial charge in [-0.25, -0.2) is 0 Å². The standard InChI is InChI=1S/C12H10O5S/c13-9-6-8-10(15-12(8)14)11(9)18-17-16-7-4-2-1-3-5-7/h1-5,8,10-11H,6H2. The summed E-state index contributed by atoms with van der Waals surface area (Å²) in [5, 5.41) is -0.476. The van der Waals surface area contributed by atoms with E-state index >= 15 is 0 Å². The van der Waals surface area contributed by atoms with Crippen molar-refractivity contribution in [3.63, 3.8) is 0 Å². The van der Waals surface area contributed by atoms with Crippen LogP contribution in [0.5, 0.6) is 5.75 Å². The molecule has 2 fully saturated rings. The topological polar surface area (TPSA) is 61.8 Å². The summed E-state index contributed by atoms with van der Waals surface area (Å²) in [5.41, 5.74) is 0. The molecule has 0 bridgehead atoms. The lowest BCUT2D eigenvalue weighted by molar-refractivity contribution is -0.179. The van der Waals surface area contributed by atoms with Crippen molar-refractivity contribution in [2.75, 3.05) is 0 Å². The van der Waals surface area contributed by atoms with E-state index in [4.69, 9.17) is 14.0 Å². The molecule has 0 spiro atoms. The van der Waals surface area contributed by atoms with E-state index in [0.717, 1.165) is 12.0 Å². The molecule has 1 aromatic rings. The van der Waals surface area contributed by atoms with Crippen molar-refractivity contribution in [2.24, 2.45) is 5.92 Å². The van der Waals surface area contributed by atoms with E-state index in [0.29, 0.717) is 5.75 Å². The Bertz CT molecular complexity index is 475. The van der Waals surface area contributed by atoms with E-state index in [2.05, 4.69) is 0 Å². The van der Waals surface area contributed by atoms with E-state index in [9.17, 15) is 9.59 Å². The Morgan fingerprint density at radius 1 is 1.22 bits per heavy atom. The van der Waals surface area contributed by atoms with Gasteiger partial charge in [0.2, 0.25) is 0 Å². The first kappa shape index (κ1) is 11.6. The Hall–Kier alpha value is -1.53. The van der Waals surface area contributed by atoms with Crippen LogP contribution in [0.3, 0.4) is 0 Å². The number of benzene rings is 1. The number of esters is 1. The van der Waals surface area contributed by atoms with Gasteiger partial charge in [-0.2, -0.15) is 0 Å². The van der Waals surface area contributed by atoms with E-state index in [-0.39, 0.29) is 30.2 Å². The van der Waals surface area contributed by atoms with Gasteiger partial charge in [0.05, 0.1) is 12.0 Å². The maximum absolute atomic E-state index is 11.6. The van der Waals surface area contributed by atoms with E-state index in [1.807, 2.05) is 18.2 Å². The molecule has 0 N–H and O–H groups in total. The van der Waals surface area contributed by atoms with Crippen molar-refractivity contribution >= 4 is 23.8 Å². The van der Waals surface area contributed by atoms with Crippen LogP contribution in [0.2, 0.25) is 0 Å². The fourth-order valence-electron chi connectivity index (χ4n) is 2.04. The van der Waals surface area contributed by atoms with Crippen LogP contribution in [0.1, 0.15) is 6.42 Å². The molecule has 6 heteroatoms. The second-order valence-electron chi connectivity index (χ2n) is 4.16. The molecule has 2 aliphatic rings. The molecule has 1 heterocycles. The zero-order chi connectivity index (χ0) is 12.5.